The highest BCUT2D eigenvalue weighted by molar-refractivity contribution is 9.10. The van der Waals surface area contributed by atoms with Crippen molar-refractivity contribution >= 4 is 21.8 Å². The second-order valence-electron chi connectivity index (χ2n) is 4.30. The molecule has 1 aromatic carbocycles. The molecule has 0 unspecified atom stereocenters. The van der Waals surface area contributed by atoms with E-state index in [2.05, 4.69) is 21.2 Å². The van der Waals surface area contributed by atoms with E-state index in [1.807, 2.05) is 4.90 Å². The molecule has 2 rings (SSSR count). The van der Waals surface area contributed by atoms with Crippen LogP contribution >= 0.6 is 15.9 Å². The lowest BCUT2D eigenvalue weighted by molar-refractivity contribution is -0.132. The predicted octanol–water partition coefficient (Wildman–Crippen LogP) is 1.79. The van der Waals surface area contributed by atoms with Gasteiger partial charge in [-0.25, -0.2) is 4.39 Å². The van der Waals surface area contributed by atoms with Gasteiger partial charge in [0.2, 0.25) is 5.91 Å². The maximum Gasteiger partial charge on any atom is 0.226 e. The van der Waals surface area contributed by atoms with E-state index >= 15 is 0 Å². The monoisotopic (exact) mass is 330 g/mol. The van der Waals surface area contributed by atoms with Crippen molar-refractivity contribution in [2.75, 3.05) is 32.8 Å². The average molecular weight is 331 g/mol. The highest BCUT2D eigenvalue weighted by Crippen LogP contribution is 2.25. The lowest BCUT2D eigenvalue weighted by Gasteiger charge is -2.27. The summed E-state index contributed by atoms with van der Waals surface area (Å²) in [6.07, 6.45) is 0.337. The number of ether oxygens (including phenoxy) is 1. The molecule has 0 saturated carbocycles. The molecule has 1 heterocycles. The first-order valence-corrected chi connectivity index (χ1v) is 7.02. The van der Waals surface area contributed by atoms with Crippen LogP contribution in [0.1, 0.15) is 6.42 Å². The third-order valence-electron chi connectivity index (χ3n) is 2.94. The minimum Gasteiger partial charge on any atom is -0.492 e. The van der Waals surface area contributed by atoms with Crippen LogP contribution in [0.5, 0.6) is 5.75 Å². The van der Waals surface area contributed by atoms with E-state index in [0.717, 1.165) is 26.2 Å². The summed E-state index contributed by atoms with van der Waals surface area (Å²) in [7, 11) is 0. The summed E-state index contributed by atoms with van der Waals surface area (Å²) in [6, 6.07) is 4.22. The van der Waals surface area contributed by atoms with Gasteiger partial charge in [-0.1, -0.05) is 0 Å². The number of hydrogen-bond acceptors (Lipinski definition) is 3. The second-order valence-corrected chi connectivity index (χ2v) is 5.16. The number of benzene rings is 1. The number of hydrogen-bond donors (Lipinski definition) is 1. The SMILES string of the molecule is O=C(CCOc1ccc(F)cc1Br)N1CCNCC1. The van der Waals surface area contributed by atoms with Crippen molar-refractivity contribution in [3.63, 3.8) is 0 Å². The Morgan fingerprint density at radius 2 is 2.16 bits per heavy atom. The van der Waals surface area contributed by atoms with E-state index in [4.69, 9.17) is 4.74 Å². The van der Waals surface area contributed by atoms with Gasteiger partial charge >= 0.3 is 0 Å². The minimum absolute atomic E-state index is 0.0970. The summed E-state index contributed by atoms with van der Waals surface area (Å²) in [5.41, 5.74) is 0. The minimum atomic E-state index is -0.323. The van der Waals surface area contributed by atoms with Crippen LogP contribution in [0.4, 0.5) is 4.39 Å². The molecule has 1 aromatic rings. The molecule has 0 atom stereocenters. The number of nitrogens with zero attached hydrogens (tertiary/aromatic N) is 1. The summed E-state index contributed by atoms with van der Waals surface area (Å²) in [4.78, 5) is 13.7. The van der Waals surface area contributed by atoms with Gasteiger partial charge in [0, 0.05) is 26.2 Å². The number of nitrogens with one attached hydrogen (secondary N) is 1. The van der Waals surface area contributed by atoms with Gasteiger partial charge in [-0.2, -0.15) is 0 Å². The molecule has 1 N–H and O–H groups in total. The van der Waals surface area contributed by atoms with Crippen molar-refractivity contribution in [1.29, 1.82) is 0 Å². The molecule has 1 aliphatic rings. The largest absolute Gasteiger partial charge is 0.492 e. The fourth-order valence-electron chi connectivity index (χ4n) is 1.91. The summed E-state index contributed by atoms with van der Waals surface area (Å²) >= 11 is 3.22. The molecule has 1 amide bonds. The standard InChI is InChI=1S/C13H16BrFN2O2/c14-11-9-10(15)1-2-12(11)19-8-3-13(18)17-6-4-16-5-7-17/h1-2,9,16H,3-8H2. The third kappa shape index (κ3) is 4.18. The van der Waals surface area contributed by atoms with Gasteiger partial charge in [-0.3, -0.25) is 4.79 Å². The Morgan fingerprint density at radius 3 is 2.84 bits per heavy atom. The van der Waals surface area contributed by atoms with Crippen molar-refractivity contribution in [3.05, 3.63) is 28.5 Å². The van der Waals surface area contributed by atoms with Crippen LogP contribution in [0, 0.1) is 5.82 Å². The van der Waals surface area contributed by atoms with Crippen molar-refractivity contribution in [2.45, 2.75) is 6.42 Å². The Kier molecular flexibility index (Phi) is 5.15. The van der Waals surface area contributed by atoms with Gasteiger partial charge in [-0.05, 0) is 34.1 Å². The van der Waals surface area contributed by atoms with Crippen molar-refractivity contribution in [2.24, 2.45) is 0 Å². The van der Waals surface area contributed by atoms with Crippen LogP contribution in [0.3, 0.4) is 0 Å². The number of rotatable bonds is 4. The number of carbonyl (C=O) groups is 1. The summed E-state index contributed by atoms with van der Waals surface area (Å²) < 4.78 is 18.9. The van der Waals surface area contributed by atoms with Gasteiger partial charge in [0.1, 0.15) is 11.6 Å². The smallest absolute Gasteiger partial charge is 0.226 e. The molecule has 1 saturated heterocycles. The molecule has 0 aliphatic carbocycles. The van der Waals surface area contributed by atoms with Crippen LogP contribution in [0.15, 0.2) is 22.7 Å². The zero-order chi connectivity index (χ0) is 13.7. The lowest BCUT2D eigenvalue weighted by Crippen LogP contribution is -2.46. The predicted molar refractivity (Wildman–Crippen MR) is 73.7 cm³/mol. The van der Waals surface area contributed by atoms with Gasteiger partial charge in [-0.15, -0.1) is 0 Å². The number of halogens is 2. The molecule has 19 heavy (non-hydrogen) atoms. The van der Waals surface area contributed by atoms with Gasteiger partial charge in [0.05, 0.1) is 17.5 Å². The zero-order valence-electron chi connectivity index (χ0n) is 10.5. The fraction of sp³-hybridized carbons (Fsp3) is 0.462. The molecule has 0 aromatic heterocycles. The van der Waals surface area contributed by atoms with E-state index in [-0.39, 0.29) is 11.7 Å². The molecule has 0 spiro atoms. The van der Waals surface area contributed by atoms with Crippen LogP contribution < -0.4 is 10.1 Å². The Bertz CT molecular complexity index is 450. The van der Waals surface area contributed by atoms with Gasteiger partial charge < -0.3 is 15.0 Å². The molecular formula is C13H16BrFN2O2. The molecule has 1 aliphatic heterocycles. The highest BCUT2D eigenvalue weighted by atomic mass is 79.9. The number of piperazine rings is 1. The molecule has 1 fully saturated rings. The highest BCUT2D eigenvalue weighted by Gasteiger charge is 2.15. The molecule has 4 nitrogen and oxygen atoms in total. The average Bonchev–Trinajstić information content (AvgIpc) is 2.42. The van der Waals surface area contributed by atoms with E-state index in [0.29, 0.717) is 23.2 Å². The maximum absolute atomic E-state index is 12.9. The van der Waals surface area contributed by atoms with Crippen molar-refractivity contribution in [3.8, 4) is 5.75 Å². The third-order valence-corrected chi connectivity index (χ3v) is 3.56. The second kappa shape index (κ2) is 6.86. The lowest BCUT2D eigenvalue weighted by atomic mass is 10.3. The first kappa shape index (κ1) is 14.3. The fourth-order valence-corrected chi connectivity index (χ4v) is 2.38. The molecule has 0 radical (unpaired) electrons. The van der Waals surface area contributed by atoms with Gasteiger partial charge in [0.15, 0.2) is 0 Å². The van der Waals surface area contributed by atoms with Crippen molar-refractivity contribution in [1.82, 2.24) is 10.2 Å². The Labute approximate surface area is 120 Å². The molecule has 0 bridgehead atoms. The summed E-state index contributed by atoms with van der Waals surface area (Å²) in [5.74, 6) is 0.324. The Balaban J connectivity index is 1.78. The van der Waals surface area contributed by atoms with Crippen LogP contribution in [0.2, 0.25) is 0 Å². The first-order chi connectivity index (χ1) is 9.16. The topological polar surface area (TPSA) is 41.6 Å². The summed E-state index contributed by atoms with van der Waals surface area (Å²) in [5, 5.41) is 3.20. The number of carbonyl (C=O) groups excluding carboxylic acids is 1. The van der Waals surface area contributed by atoms with Crippen LogP contribution in [-0.4, -0.2) is 43.6 Å². The zero-order valence-corrected chi connectivity index (χ0v) is 12.1. The van der Waals surface area contributed by atoms with E-state index in [1.54, 1.807) is 6.07 Å². The van der Waals surface area contributed by atoms with Crippen LogP contribution in [-0.2, 0) is 4.79 Å². The van der Waals surface area contributed by atoms with Crippen molar-refractivity contribution < 1.29 is 13.9 Å². The first-order valence-electron chi connectivity index (χ1n) is 6.23. The number of amides is 1. The van der Waals surface area contributed by atoms with E-state index < -0.39 is 0 Å². The molecule has 6 heteroatoms. The maximum atomic E-state index is 12.9. The van der Waals surface area contributed by atoms with Crippen LogP contribution in [0.25, 0.3) is 0 Å². The summed E-state index contributed by atoms with van der Waals surface area (Å²) in [6.45, 7) is 3.48. The van der Waals surface area contributed by atoms with Gasteiger partial charge in [0.25, 0.3) is 0 Å². The van der Waals surface area contributed by atoms with E-state index in [9.17, 15) is 9.18 Å². The Morgan fingerprint density at radius 1 is 1.42 bits per heavy atom. The quantitative estimate of drug-likeness (QED) is 0.915. The normalized spacial score (nSPS) is 15.4. The van der Waals surface area contributed by atoms with E-state index in [1.165, 1.54) is 12.1 Å². The Hall–Kier alpha value is -1.14. The molecular weight excluding hydrogens is 315 g/mol. The molecule has 104 valence electrons.